The molecule has 2 atom stereocenters. The molecule has 0 fully saturated rings. The Morgan fingerprint density at radius 2 is 1.64 bits per heavy atom. The van der Waals surface area contributed by atoms with Gasteiger partial charge in [-0.1, -0.05) is 35.9 Å². The van der Waals surface area contributed by atoms with Crippen molar-refractivity contribution in [3.05, 3.63) is 148 Å². The van der Waals surface area contributed by atoms with Crippen molar-refractivity contribution in [2.45, 2.75) is 45.1 Å². The first-order valence-corrected chi connectivity index (χ1v) is 16.9. The number of hydrogen-bond donors (Lipinski definition) is 2. The predicted octanol–water partition coefficient (Wildman–Crippen LogP) is 8.36. The fourth-order valence-corrected chi connectivity index (χ4v) is 7.63. The van der Waals surface area contributed by atoms with Gasteiger partial charge in [0.2, 0.25) is 0 Å². The first-order chi connectivity index (χ1) is 23.7. The quantitative estimate of drug-likeness (QED) is 0.177. The minimum Gasteiger partial charge on any atom is -0.508 e. The number of aromatic nitrogens is 2. The van der Waals surface area contributed by atoms with Crippen LogP contribution in [-0.4, -0.2) is 37.0 Å². The van der Waals surface area contributed by atoms with Gasteiger partial charge in [-0.3, -0.25) is 9.59 Å². The number of halogens is 2. The van der Waals surface area contributed by atoms with Gasteiger partial charge in [-0.05, 0) is 103 Å². The second-order valence-electron chi connectivity index (χ2n) is 13.1. The van der Waals surface area contributed by atoms with E-state index in [0.717, 1.165) is 34.3 Å². The number of rotatable bonds is 5. The molecule has 2 aliphatic rings. The fraction of sp³-hybridized carbons (Fsp3) is 0.200. The molecule has 2 N–H and O–H groups in total. The molecule has 10 heteroatoms. The van der Waals surface area contributed by atoms with Crippen molar-refractivity contribution in [2.75, 3.05) is 10.2 Å². The Labute approximate surface area is 301 Å². The number of aromatic hydroxyl groups is 1. The number of amides is 2. The van der Waals surface area contributed by atoms with Gasteiger partial charge in [0.25, 0.3) is 11.8 Å². The molecule has 1 unspecified atom stereocenters. The highest BCUT2D eigenvalue weighted by Gasteiger charge is 2.35. The molecule has 0 aliphatic carbocycles. The lowest BCUT2D eigenvalue weighted by Gasteiger charge is -2.41. The van der Waals surface area contributed by atoms with E-state index in [1.807, 2.05) is 48.6 Å². The first kappa shape index (κ1) is 33.3. The molecule has 50 heavy (non-hydrogen) atoms. The zero-order chi connectivity index (χ0) is 33.8. The summed E-state index contributed by atoms with van der Waals surface area (Å²) in [5, 5.41) is 14.3. The number of benzene rings is 4. The summed E-state index contributed by atoms with van der Waals surface area (Å²) in [6, 6.07) is 30.5. The second-order valence-corrected chi connectivity index (χ2v) is 13.6. The van der Waals surface area contributed by atoms with Crippen LogP contribution in [0.3, 0.4) is 0 Å². The average Bonchev–Trinajstić information content (AvgIpc) is 3.70. The maximum absolute atomic E-state index is 14.5. The van der Waals surface area contributed by atoms with E-state index < -0.39 is 0 Å². The Balaban J connectivity index is 0.00000392. The monoisotopic (exact) mass is 705 g/mol. The van der Waals surface area contributed by atoms with Crippen LogP contribution < -0.4 is 10.2 Å². The molecule has 6 aromatic rings. The number of nitrogens with zero attached hydrogens (tertiary/aromatic N) is 4. The summed E-state index contributed by atoms with van der Waals surface area (Å²) in [5.41, 5.74) is 8.09. The summed E-state index contributed by atoms with van der Waals surface area (Å²) in [4.78, 5) is 32.4. The van der Waals surface area contributed by atoms with Gasteiger partial charge < -0.3 is 29.4 Å². The van der Waals surface area contributed by atoms with Crippen molar-refractivity contribution < 1.29 is 14.7 Å². The van der Waals surface area contributed by atoms with Crippen LogP contribution in [0, 0.1) is 0 Å². The number of aryl methyl sites for hydroxylation is 1. The van der Waals surface area contributed by atoms with Gasteiger partial charge in [-0.15, -0.1) is 12.4 Å². The first-order valence-electron chi connectivity index (χ1n) is 16.5. The predicted molar refractivity (Wildman–Crippen MR) is 201 cm³/mol. The number of fused-ring (bicyclic) bond motifs is 3. The van der Waals surface area contributed by atoms with Crippen molar-refractivity contribution in [1.82, 2.24) is 14.0 Å². The van der Waals surface area contributed by atoms with Gasteiger partial charge in [-0.25, -0.2) is 0 Å². The summed E-state index contributed by atoms with van der Waals surface area (Å²) < 4.78 is 4.21. The molecule has 2 amide bonds. The van der Waals surface area contributed by atoms with E-state index in [2.05, 4.69) is 68.7 Å². The molecule has 0 bridgehead atoms. The molecule has 0 spiro atoms. The van der Waals surface area contributed by atoms with Crippen molar-refractivity contribution in [2.24, 2.45) is 7.05 Å². The number of carbonyl (C=O) groups excluding carboxylic acids is 2. The summed E-state index contributed by atoms with van der Waals surface area (Å²) >= 11 is 6.71. The normalized spacial score (nSPS) is 16.8. The standard InChI is InChI=1S/C40H36ClN5O3.ClH/c1-25-19-26-5-3-4-6-28(26)22-45(25)40(49)33-13-7-29(41)21-35(33)38-23-44-18-16-34(39(48)42-30-8-11-32(47)12-9-30)37(44)24-46(38)31-10-14-36-27(20-31)15-17-43(36)2;/h3-18,20-21,25,38,47H,19,22-24H2,1-2H3,(H,42,48);1H/t25-,38?;/m1./s1. The molecule has 2 aliphatic heterocycles. The molecule has 4 heterocycles. The maximum Gasteiger partial charge on any atom is 0.257 e. The van der Waals surface area contributed by atoms with E-state index in [4.69, 9.17) is 11.6 Å². The Morgan fingerprint density at radius 3 is 2.44 bits per heavy atom. The lowest BCUT2D eigenvalue weighted by molar-refractivity contribution is 0.0656. The van der Waals surface area contributed by atoms with Crippen molar-refractivity contribution >= 4 is 58.1 Å². The highest BCUT2D eigenvalue weighted by Crippen LogP contribution is 2.40. The average molecular weight is 707 g/mol. The number of nitrogens with one attached hydrogen (secondary N) is 1. The van der Waals surface area contributed by atoms with Crippen LogP contribution in [0.25, 0.3) is 10.9 Å². The van der Waals surface area contributed by atoms with E-state index in [9.17, 15) is 14.7 Å². The summed E-state index contributed by atoms with van der Waals surface area (Å²) in [6.07, 6.45) is 4.80. The number of hydrogen-bond acceptors (Lipinski definition) is 4. The fourth-order valence-electron chi connectivity index (χ4n) is 7.45. The van der Waals surface area contributed by atoms with Crippen LogP contribution in [0.1, 0.15) is 56.1 Å². The highest BCUT2D eigenvalue weighted by atomic mass is 35.5. The van der Waals surface area contributed by atoms with E-state index in [1.165, 1.54) is 11.1 Å². The molecule has 8 rings (SSSR count). The molecule has 0 saturated heterocycles. The van der Waals surface area contributed by atoms with Crippen LogP contribution in [-0.2, 0) is 33.1 Å². The topological polar surface area (TPSA) is 82.7 Å². The third-order valence-corrected chi connectivity index (χ3v) is 10.3. The molecule has 4 aromatic carbocycles. The lowest BCUT2D eigenvalue weighted by Crippen LogP contribution is -2.44. The maximum atomic E-state index is 14.5. The smallest absolute Gasteiger partial charge is 0.257 e. The highest BCUT2D eigenvalue weighted by molar-refractivity contribution is 6.30. The van der Waals surface area contributed by atoms with Gasteiger partial charge >= 0.3 is 0 Å². The molecular weight excluding hydrogens is 669 g/mol. The second kappa shape index (κ2) is 13.3. The van der Waals surface area contributed by atoms with Crippen LogP contribution in [0.4, 0.5) is 11.4 Å². The summed E-state index contributed by atoms with van der Waals surface area (Å²) in [7, 11) is 2.03. The third-order valence-electron chi connectivity index (χ3n) is 10.1. The zero-order valence-electron chi connectivity index (χ0n) is 27.7. The summed E-state index contributed by atoms with van der Waals surface area (Å²) in [5.74, 6) is -0.108. The SMILES string of the molecule is C[C@@H]1Cc2ccccc2CN1C(=O)c1ccc(Cl)cc1C1Cn2ccc(C(=O)Nc3ccc(O)cc3)c2CN1c1ccc2c(ccn2C)c1.Cl. The van der Waals surface area contributed by atoms with Crippen LogP contribution in [0.2, 0.25) is 5.02 Å². The molecule has 0 radical (unpaired) electrons. The van der Waals surface area contributed by atoms with Crippen molar-refractivity contribution in [3.8, 4) is 5.75 Å². The van der Waals surface area contributed by atoms with Crippen LogP contribution >= 0.6 is 24.0 Å². The molecule has 2 aromatic heterocycles. The van der Waals surface area contributed by atoms with Gasteiger partial charge in [-0.2, -0.15) is 0 Å². The van der Waals surface area contributed by atoms with Crippen LogP contribution in [0.5, 0.6) is 5.75 Å². The van der Waals surface area contributed by atoms with Crippen LogP contribution in [0.15, 0.2) is 109 Å². The number of phenols is 1. The molecule has 0 saturated carbocycles. The Hall–Kier alpha value is -5.18. The minimum absolute atomic E-state index is 0. The molecule has 8 nitrogen and oxygen atoms in total. The Bertz CT molecular complexity index is 2240. The molecular formula is C40H37Cl2N5O3. The molecule has 254 valence electrons. The number of phenolic OH excluding ortho intramolecular Hbond substituents is 1. The third kappa shape index (κ3) is 5.99. The lowest BCUT2D eigenvalue weighted by atomic mass is 9.91. The zero-order valence-corrected chi connectivity index (χ0v) is 29.3. The number of anilines is 2. The summed E-state index contributed by atoms with van der Waals surface area (Å²) in [6.45, 7) is 3.61. The van der Waals surface area contributed by atoms with Gasteiger partial charge in [0.05, 0.1) is 23.8 Å². The van der Waals surface area contributed by atoms with E-state index in [0.29, 0.717) is 41.5 Å². The van der Waals surface area contributed by atoms with Gasteiger partial charge in [0, 0.05) is 71.4 Å². The number of carbonyl (C=O) groups is 2. The minimum atomic E-state index is -0.251. The van der Waals surface area contributed by atoms with Gasteiger partial charge in [0.15, 0.2) is 0 Å². The van der Waals surface area contributed by atoms with E-state index in [-0.39, 0.29) is 42.1 Å². The van der Waals surface area contributed by atoms with E-state index >= 15 is 0 Å². The largest absolute Gasteiger partial charge is 0.508 e. The van der Waals surface area contributed by atoms with Crippen molar-refractivity contribution in [1.29, 1.82) is 0 Å². The van der Waals surface area contributed by atoms with Crippen molar-refractivity contribution in [3.63, 3.8) is 0 Å². The van der Waals surface area contributed by atoms with E-state index in [1.54, 1.807) is 30.3 Å². The Morgan fingerprint density at radius 1 is 0.860 bits per heavy atom. The Kier molecular flexibility index (Phi) is 8.84. The van der Waals surface area contributed by atoms with Gasteiger partial charge in [0.1, 0.15) is 5.75 Å².